The number of sulfonamides is 1. The fraction of sp³-hybridized carbons (Fsp3) is 0.440. The van der Waals surface area contributed by atoms with Crippen molar-refractivity contribution in [2.45, 2.75) is 50.1 Å². The molecule has 10 heteroatoms. The summed E-state index contributed by atoms with van der Waals surface area (Å²) < 4.78 is 32.7. The van der Waals surface area contributed by atoms with E-state index in [4.69, 9.17) is 16.3 Å². The monoisotopic (exact) mass is 521 g/mol. The van der Waals surface area contributed by atoms with Crippen molar-refractivity contribution in [2.24, 2.45) is 5.92 Å². The van der Waals surface area contributed by atoms with Crippen molar-refractivity contribution >= 4 is 33.4 Å². The number of amides is 2. The van der Waals surface area contributed by atoms with Gasteiger partial charge in [0.15, 0.2) is 0 Å². The molecule has 2 amide bonds. The minimum Gasteiger partial charge on any atom is -0.497 e. The molecule has 0 aliphatic carbocycles. The molecule has 2 unspecified atom stereocenters. The molecule has 1 aliphatic heterocycles. The predicted octanol–water partition coefficient (Wildman–Crippen LogP) is 3.46. The third kappa shape index (κ3) is 6.74. The van der Waals surface area contributed by atoms with Gasteiger partial charge in [0.05, 0.1) is 12.0 Å². The van der Waals surface area contributed by atoms with Crippen LogP contribution in [0.3, 0.4) is 0 Å². The number of methoxy groups -OCH3 is 1. The maximum absolute atomic E-state index is 13.1. The lowest BCUT2D eigenvalue weighted by Crippen LogP contribution is -2.55. The van der Waals surface area contributed by atoms with E-state index in [-0.39, 0.29) is 41.8 Å². The molecular weight excluding hydrogens is 490 g/mol. The fourth-order valence-corrected chi connectivity index (χ4v) is 5.62. The van der Waals surface area contributed by atoms with E-state index in [0.29, 0.717) is 29.2 Å². The number of rotatable bonds is 9. The largest absolute Gasteiger partial charge is 0.497 e. The van der Waals surface area contributed by atoms with Gasteiger partial charge in [-0.05, 0) is 74.6 Å². The van der Waals surface area contributed by atoms with E-state index >= 15 is 0 Å². The zero-order valence-corrected chi connectivity index (χ0v) is 21.7. The van der Waals surface area contributed by atoms with Gasteiger partial charge in [0, 0.05) is 29.7 Å². The van der Waals surface area contributed by atoms with Crippen LogP contribution in [0.1, 0.15) is 43.5 Å². The normalized spacial score (nSPS) is 16.8. The van der Waals surface area contributed by atoms with E-state index in [0.717, 1.165) is 6.42 Å². The summed E-state index contributed by atoms with van der Waals surface area (Å²) in [5.41, 5.74) is 0.383. The van der Waals surface area contributed by atoms with Crippen molar-refractivity contribution in [3.05, 3.63) is 59.1 Å². The van der Waals surface area contributed by atoms with Crippen molar-refractivity contribution in [3.63, 3.8) is 0 Å². The summed E-state index contributed by atoms with van der Waals surface area (Å²) >= 11 is 5.89. The smallest absolute Gasteiger partial charge is 0.252 e. The van der Waals surface area contributed by atoms with Gasteiger partial charge < -0.3 is 15.4 Å². The van der Waals surface area contributed by atoms with Gasteiger partial charge in [-0.15, -0.1) is 0 Å². The summed E-state index contributed by atoms with van der Waals surface area (Å²) in [6.07, 6.45) is 1.62. The van der Waals surface area contributed by atoms with Crippen molar-refractivity contribution in [1.82, 2.24) is 14.9 Å². The second kappa shape index (κ2) is 11.9. The van der Waals surface area contributed by atoms with Crippen molar-refractivity contribution in [3.8, 4) is 5.75 Å². The molecule has 1 fully saturated rings. The summed E-state index contributed by atoms with van der Waals surface area (Å²) in [7, 11) is -2.15. The SMILES string of the molecule is CCC(C)NC(=O)C(NC(=O)c1cccc(OC)c1)C1CCN(S(=O)(=O)c2ccc(Cl)cc2)CC1. The number of carbonyl (C=O) groups is 2. The first-order valence-electron chi connectivity index (χ1n) is 11.7. The van der Waals surface area contributed by atoms with Crippen LogP contribution in [0.5, 0.6) is 5.75 Å². The third-order valence-electron chi connectivity index (χ3n) is 6.32. The fourth-order valence-electron chi connectivity index (χ4n) is 4.03. The quantitative estimate of drug-likeness (QED) is 0.526. The van der Waals surface area contributed by atoms with E-state index in [1.165, 1.54) is 23.5 Å². The van der Waals surface area contributed by atoms with Crippen LogP contribution in [0.25, 0.3) is 0 Å². The molecule has 2 aromatic rings. The summed E-state index contributed by atoms with van der Waals surface area (Å²) in [6.45, 7) is 4.37. The highest BCUT2D eigenvalue weighted by Gasteiger charge is 2.36. The highest BCUT2D eigenvalue weighted by atomic mass is 35.5. The number of hydrogen-bond donors (Lipinski definition) is 2. The van der Waals surface area contributed by atoms with Crippen LogP contribution in [0, 0.1) is 5.92 Å². The number of nitrogens with one attached hydrogen (secondary N) is 2. The number of piperidine rings is 1. The molecule has 8 nitrogen and oxygen atoms in total. The van der Waals surface area contributed by atoms with Crippen LogP contribution in [0.2, 0.25) is 5.02 Å². The van der Waals surface area contributed by atoms with Gasteiger partial charge in [-0.25, -0.2) is 8.42 Å². The number of nitrogens with zero attached hydrogens (tertiary/aromatic N) is 1. The molecule has 0 bridgehead atoms. The number of carbonyl (C=O) groups excluding carboxylic acids is 2. The highest BCUT2D eigenvalue weighted by molar-refractivity contribution is 7.89. The standard InChI is InChI=1S/C25H32ClN3O5S/c1-4-17(2)27-25(31)23(28-24(30)19-6-5-7-21(16-19)34-3)18-12-14-29(15-13-18)35(32,33)22-10-8-20(26)9-11-22/h5-11,16-18,23H,4,12-15H2,1-3H3,(H,27,31)(H,28,30). The molecule has 190 valence electrons. The minimum absolute atomic E-state index is 0.0518. The van der Waals surface area contributed by atoms with Gasteiger partial charge in [0.25, 0.3) is 5.91 Å². The molecule has 3 rings (SSSR count). The zero-order valence-electron chi connectivity index (χ0n) is 20.2. The average Bonchev–Trinajstić information content (AvgIpc) is 2.87. The maximum atomic E-state index is 13.1. The van der Waals surface area contributed by atoms with Crippen LogP contribution in [0.4, 0.5) is 0 Å². The maximum Gasteiger partial charge on any atom is 0.252 e. The van der Waals surface area contributed by atoms with Crippen molar-refractivity contribution < 1.29 is 22.7 Å². The molecule has 1 aliphatic rings. The summed E-state index contributed by atoms with van der Waals surface area (Å²) in [6, 6.07) is 11.9. The highest BCUT2D eigenvalue weighted by Crippen LogP contribution is 2.27. The van der Waals surface area contributed by atoms with E-state index in [9.17, 15) is 18.0 Å². The van der Waals surface area contributed by atoms with Gasteiger partial charge in [-0.3, -0.25) is 9.59 Å². The predicted molar refractivity (Wildman–Crippen MR) is 135 cm³/mol. The van der Waals surface area contributed by atoms with Gasteiger partial charge in [-0.1, -0.05) is 24.6 Å². The Bertz CT molecular complexity index is 1130. The Morgan fingerprint density at radius 2 is 1.77 bits per heavy atom. The summed E-state index contributed by atoms with van der Waals surface area (Å²) in [5, 5.41) is 6.30. The second-order valence-corrected chi connectivity index (χ2v) is 11.1. The lowest BCUT2D eigenvalue weighted by atomic mass is 9.89. The molecule has 35 heavy (non-hydrogen) atoms. The van der Waals surface area contributed by atoms with Gasteiger partial charge in [0.2, 0.25) is 15.9 Å². The van der Waals surface area contributed by atoms with E-state index in [1.54, 1.807) is 36.4 Å². The Hall–Kier alpha value is -2.62. The van der Waals surface area contributed by atoms with E-state index in [2.05, 4.69) is 10.6 Å². The Kier molecular flexibility index (Phi) is 9.15. The Morgan fingerprint density at radius 1 is 1.11 bits per heavy atom. The van der Waals surface area contributed by atoms with Crippen LogP contribution in [0.15, 0.2) is 53.4 Å². The minimum atomic E-state index is -3.67. The van der Waals surface area contributed by atoms with Crippen molar-refractivity contribution in [1.29, 1.82) is 0 Å². The lowest BCUT2D eigenvalue weighted by Gasteiger charge is -2.35. The first-order chi connectivity index (χ1) is 16.6. The Labute approximate surface area is 212 Å². The first kappa shape index (κ1) is 27.0. The molecule has 0 aromatic heterocycles. The molecule has 0 saturated carbocycles. The molecule has 0 spiro atoms. The van der Waals surface area contributed by atoms with Crippen LogP contribution < -0.4 is 15.4 Å². The lowest BCUT2D eigenvalue weighted by molar-refractivity contribution is -0.125. The van der Waals surface area contributed by atoms with Gasteiger partial charge >= 0.3 is 0 Å². The van der Waals surface area contributed by atoms with Gasteiger partial charge in [-0.2, -0.15) is 4.31 Å². The number of halogens is 1. The molecule has 2 atom stereocenters. The second-order valence-electron chi connectivity index (χ2n) is 8.70. The number of hydrogen-bond acceptors (Lipinski definition) is 5. The summed E-state index contributed by atoms with van der Waals surface area (Å²) in [4.78, 5) is 26.3. The molecule has 2 N–H and O–H groups in total. The molecule has 1 heterocycles. The Balaban J connectivity index is 1.75. The molecule has 2 aromatic carbocycles. The average molecular weight is 522 g/mol. The number of benzene rings is 2. The summed E-state index contributed by atoms with van der Waals surface area (Å²) in [5.74, 6) is -0.330. The van der Waals surface area contributed by atoms with Gasteiger partial charge in [0.1, 0.15) is 11.8 Å². The zero-order chi connectivity index (χ0) is 25.6. The third-order valence-corrected chi connectivity index (χ3v) is 8.49. The van der Waals surface area contributed by atoms with Crippen LogP contribution >= 0.6 is 11.6 Å². The molecule has 1 saturated heterocycles. The molecular formula is C25H32ClN3O5S. The van der Waals surface area contributed by atoms with Crippen molar-refractivity contribution in [2.75, 3.05) is 20.2 Å². The van der Waals surface area contributed by atoms with Crippen LogP contribution in [-0.2, 0) is 14.8 Å². The van der Waals surface area contributed by atoms with Crippen LogP contribution in [-0.4, -0.2) is 56.8 Å². The Morgan fingerprint density at radius 3 is 2.37 bits per heavy atom. The molecule has 0 radical (unpaired) electrons. The van der Waals surface area contributed by atoms with E-state index < -0.39 is 16.1 Å². The topological polar surface area (TPSA) is 105 Å². The number of ether oxygens (including phenoxy) is 1. The first-order valence-corrected chi connectivity index (χ1v) is 13.5. The van der Waals surface area contributed by atoms with E-state index in [1.807, 2.05) is 13.8 Å².